The Bertz CT molecular complexity index is 799. The van der Waals surface area contributed by atoms with Gasteiger partial charge in [-0.1, -0.05) is 0 Å². The lowest BCUT2D eigenvalue weighted by molar-refractivity contribution is -0.387. The van der Waals surface area contributed by atoms with Crippen molar-refractivity contribution in [1.82, 2.24) is 4.90 Å². The fraction of sp³-hybridized carbons (Fsp3) is 0.429. The van der Waals surface area contributed by atoms with E-state index in [9.17, 15) is 28.1 Å². The second-order valence-corrected chi connectivity index (χ2v) is 7.14. The summed E-state index contributed by atoms with van der Waals surface area (Å²) in [4.78, 5) is 34.8. The van der Waals surface area contributed by atoms with Crippen molar-refractivity contribution >= 4 is 27.4 Å². The van der Waals surface area contributed by atoms with Gasteiger partial charge < -0.3 is 14.4 Å². The third-order valence-corrected chi connectivity index (χ3v) is 5.20. The summed E-state index contributed by atoms with van der Waals surface area (Å²) in [5.41, 5.74) is -0.770. The number of rotatable bonds is 5. The molecule has 1 aromatic rings. The molecule has 1 aliphatic rings. The molecule has 0 unspecified atom stereocenters. The normalized spacial score (nSPS) is 14.8. The fourth-order valence-corrected chi connectivity index (χ4v) is 3.61. The Hall–Kier alpha value is -2.53. The summed E-state index contributed by atoms with van der Waals surface area (Å²) < 4.78 is 33.8. The number of esters is 1. The van der Waals surface area contributed by atoms with Gasteiger partial charge in [0, 0.05) is 24.7 Å². The molecule has 2 rings (SSSR count). The topological polar surface area (TPSA) is 133 Å². The lowest BCUT2D eigenvalue weighted by atomic mass is 10.1. The third kappa shape index (κ3) is 4.31. The summed E-state index contributed by atoms with van der Waals surface area (Å²) in [7, 11) is -3.27. The Labute approximate surface area is 143 Å². The van der Waals surface area contributed by atoms with Crippen LogP contribution in [0.2, 0.25) is 0 Å². The molecule has 25 heavy (non-hydrogen) atoms. The van der Waals surface area contributed by atoms with E-state index in [2.05, 4.69) is 4.74 Å². The zero-order valence-corrected chi connectivity index (χ0v) is 14.2. The first-order chi connectivity index (χ1) is 11.8. The number of amides is 1. The van der Waals surface area contributed by atoms with Crippen LogP contribution in [0, 0.1) is 10.1 Å². The summed E-state index contributed by atoms with van der Waals surface area (Å²) in [6, 6.07) is 3.06. The van der Waals surface area contributed by atoms with Crippen molar-refractivity contribution in [2.75, 3.05) is 39.2 Å². The number of benzene rings is 1. The smallest absolute Gasteiger partial charge is 0.321 e. The SMILES string of the molecule is COC(=O)CS(=O)(=O)c1ccc(C(=O)N2CCOCC2)cc1[N+](=O)[O-]. The van der Waals surface area contributed by atoms with Gasteiger partial charge in [-0.05, 0) is 12.1 Å². The Morgan fingerprint density at radius 2 is 1.96 bits per heavy atom. The van der Waals surface area contributed by atoms with Gasteiger partial charge in [-0.25, -0.2) is 8.42 Å². The van der Waals surface area contributed by atoms with Crippen LogP contribution in [0.1, 0.15) is 10.4 Å². The molecule has 0 bridgehead atoms. The van der Waals surface area contributed by atoms with Crippen molar-refractivity contribution in [3.63, 3.8) is 0 Å². The van der Waals surface area contributed by atoms with Gasteiger partial charge in [-0.3, -0.25) is 19.7 Å². The van der Waals surface area contributed by atoms with Gasteiger partial charge in [-0.15, -0.1) is 0 Å². The average molecular weight is 372 g/mol. The Balaban J connectivity index is 2.39. The Kier molecular flexibility index (Phi) is 5.69. The van der Waals surface area contributed by atoms with E-state index in [4.69, 9.17) is 4.74 Å². The molecule has 0 aliphatic carbocycles. The zero-order chi connectivity index (χ0) is 18.6. The number of nitro benzene ring substituents is 1. The van der Waals surface area contributed by atoms with Gasteiger partial charge in [0.2, 0.25) is 0 Å². The highest BCUT2D eigenvalue weighted by Gasteiger charge is 2.30. The summed E-state index contributed by atoms with van der Waals surface area (Å²) in [6.07, 6.45) is 0. The van der Waals surface area contributed by atoms with Crippen molar-refractivity contribution in [3.05, 3.63) is 33.9 Å². The van der Waals surface area contributed by atoms with Crippen LogP contribution in [0.4, 0.5) is 5.69 Å². The van der Waals surface area contributed by atoms with Crippen molar-refractivity contribution in [3.8, 4) is 0 Å². The molecule has 1 amide bonds. The van der Waals surface area contributed by atoms with Crippen molar-refractivity contribution in [1.29, 1.82) is 0 Å². The minimum atomic E-state index is -4.28. The van der Waals surface area contributed by atoms with E-state index in [0.29, 0.717) is 26.3 Å². The first-order valence-electron chi connectivity index (χ1n) is 7.21. The third-order valence-electron chi connectivity index (χ3n) is 3.57. The van der Waals surface area contributed by atoms with Crippen LogP contribution in [0.3, 0.4) is 0 Å². The van der Waals surface area contributed by atoms with Gasteiger partial charge in [0.1, 0.15) is 4.90 Å². The zero-order valence-electron chi connectivity index (χ0n) is 13.3. The predicted octanol–water partition coefficient (Wildman–Crippen LogP) is 0.0139. The van der Waals surface area contributed by atoms with E-state index in [1.165, 1.54) is 11.0 Å². The molecule has 0 atom stereocenters. The van der Waals surface area contributed by atoms with Crippen LogP contribution in [0.5, 0.6) is 0 Å². The minimum absolute atomic E-state index is 0.00869. The number of nitro groups is 1. The van der Waals surface area contributed by atoms with Crippen molar-refractivity contribution in [2.45, 2.75) is 4.90 Å². The lowest BCUT2D eigenvalue weighted by Gasteiger charge is -2.26. The maximum atomic E-state index is 12.4. The van der Waals surface area contributed by atoms with E-state index < -0.39 is 43.0 Å². The molecule has 1 aromatic carbocycles. The number of hydrogen-bond acceptors (Lipinski definition) is 8. The molecule has 0 saturated carbocycles. The number of carbonyl (C=O) groups excluding carboxylic acids is 2. The first kappa shape index (κ1) is 18.8. The van der Waals surface area contributed by atoms with Crippen LogP contribution in [-0.4, -0.2) is 69.3 Å². The maximum absolute atomic E-state index is 12.4. The highest BCUT2D eigenvalue weighted by Crippen LogP contribution is 2.27. The van der Waals surface area contributed by atoms with Gasteiger partial charge in [0.15, 0.2) is 15.6 Å². The number of hydrogen-bond donors (Lipinski definition) is 0. The first-order valence-corrected chi connectivity index (χ1v) is 8.86. The highest BCUT2D eigenvalue weighted by molar-refractivity contribution is 7.92. The van der Waals surface area contributed by atoms with Crippen molar-refractivity contribution < 1.29 is 32.4 Å². The summed E-state index contributed by atoms with van der Waals surface area (Å²) >= 11 is 0. The molecule has 11 heteroatoms. The molecule has 0 radical (unpaired) electrons. The monoisotopic (exact) mass is 372 g/mol. The molecule has 10 nitrogen and oxygen atoms in total. The van der Waals surface area contributed by atoms with Crippen LogP contribution >= 0.6 is 0 Å². The van der Waals surface area contributed by atoms with Crippen LogP contribution in [0.15, 0.2) is 23.1 Å². The second-order valence-electron chi connectivity index (χ2n) is 5.18. The van der Waals surface area contributed by atoms with E-state index in [-0.39, 0.29) is 5.56 Å². The molecule has 0 aromatic heterocycles. The molecule has 1 heterocycles. The average Bonchev–Trinajstić information content (AvgIpc) is 2.60. The van der Waals surface area contributed by atoms with E-state index >= 15 is 0 Å². The molecule has 0 spiro atoms. The molecular weight excluding hydrogens is 356 g/mol. The number of carbonyl (C=O) groups is 2. The number of morpholine rings is 1. The Morgan fingerprint density at radius 3 is 2.52 bits per heavy atom. The number of sulfone groups is 1. The molecule has 1 saturated heterocycles. The lowest BCUT2D eigenvalue weighted by Crippen LogP contribution is -2.40. The molecular formula is C14H16N2O8S. The summed E-state index contributed by atoms with van der Waals surface area (Å²) in [6.45, 7) is 1.41. The molecule has 136 valence electrons. The largest absolute Gasteiger partial charge is 0.468 e. The van der Waals surface area contributed by atoms with E-state index in [1.54, 1.807) is 0 Å². The van der Waals surface area contributed by atoms with Gasteiger partial charge >= 0.3 is 5.97 Å². The Morgan fingerprint density at radius 1 is 1.32 bits per heavy atom. The van der Waals surface area contributed by atoms with E-state index in [0.717, 1.165) is 19.2 Å². The standard InChI is InChI=1S/C14H16N2O8S/c1-23-13(17)9-25(21,22)12-3-2-10(8-11(12)16(19)20)14(18)15-4-6-24-7-5-15/h2-3,8H,4-7,9H2,1H3. The predicted molar refractivity (Wildman–Crippen MR) is 83.9 cm³/mol. The van der Waals surface area contributed by atoms with Crippen molar-refractivity contribution in [2.24, 2.45) is 0 Å². The van der Waals surface area contributed by atoms with Crippen LogP contribution in [0.25, 0.3) is 0 Å². The van der Waals surface area contributed by atoms with Gasteiger partial charge in [-0.2, -0.15) is 0 Å². The fourth-order valence-electron chi connectivity index (χ4n) is 2.30. The summed E-state index contributed by atoms with van der Waals surface area (Å²) in [5, 5.41) is 11.3. The van der Waals surface area contributed by atoms with Crippen LogP contribution in [-0.2, 0) is 24.1 Å². The molecule has 0 N–H and O–H groups in total. The minimum Gasteiger partial charge on any atom is -0.468 e. The second kappa shape index (κ2) is 7.57. The van der Waals surface area contributed by atoms with Crippen LogP contribution < -0.4 is 0 Å². The number of ether oxygens (including phenoxy) is 2. The molecule has 1 aliphatic heterocycles. The maximum Gasteiger partial charge on any atom is 0.321 e. The highest BCUT2D eigenvalue weighted by atomic mass is 32.2. The summed E-state index contributed by atoms with van der Waals surface area (Å²) in [5.74, 6) is -2.52. The van der Waals surface area contributed by atoms with E-state index in [1.807, 2.05) is 0 Å². The van der Waals surface area contributed by atoms with Gasteiger partial charge in [0.05, 0.1) is 25.2 Å². The quantitative estimate of drug-likeness (QED) is 0.401. The van der Waals surface area contributed by atoms with Gasteiger partial charge in [0.25, 0.3) is 11.6 Å². The molecule has 1 fully saturated rings. The number of methoxy groups -OCH3 is 1. The number of nitrogens with zero attached hydrogens (tertiary/aromatic N) is 2.